The molecule has 1 atom stereocenters. The molecule has 2 aliphatic rings. The van der Waals surface area contributed by atoms with Crippen LogP contribution < -0.4 is 4.90 Å². The van der Waals surface area contributed by atoms with Crippen molar-refractivity contribution >= 4 is 44.4 Å². The number of carbonyl (C=O) groups is 1. The maximum Gasteiger partial charge on any atom is 0.227 e. The summed E-state index contributed by atoms with van der Waals surface area (Å²) in [6.07, 6.45) is 0.957. The Labute approximate surface area is 138 Å². The summed E-state index contributed by atoms with van der Waals surface area (Å²) < 4.78 is 1.22. The van der Waals surface area contributed by atoms with E-state index >= 15 is 0 Å². The zero-order valence-corrected chi connectivity index (χ0v) is 14.0. The lowest BCUT2D eigenvalue weighted by atomic mass is 10.1. The molecule has 6 heteroatoms. The quantitative estimate of drug-likeness (QED) is 0.847. The molecule has 0 bridgehead atoms. The summed E-state index contributed by atoms with van der Waals surface area (Å²) in [6, 6.07) is 8.24. The number of hydrogen-bond acceptors (Lipinski definition) is 5. The van der Waals surface area contributed by atoms with Crippen LogP contribution in [0.2, 0.25) is 0 Å². The number of para-hydroxylation sites is 1. The molecular weight excluding hydrogens is 314 g/mol. The van der Waals surface area contributed by atoms with Crippen molar-refractivity contribution < 1.29 is 4.79 Å². The summed E-state index contributed by atoms with van der Waals surface area (Å²) in [6.45, 7) is 3.60. The first-order valence-electron chi connectivity index (χ1n) is 7.78. The summed E-state index contributed by atoms with van der Waals surface area (Å²) in [5.74, 6) is 2.67. The Morgan fingerprint density at radius 2 is 2.00 bits per heavy atom. The molecule has 1 aromatic heterocycles. The first-order valence-corrected chi connectivity index (χ1v) is 9.75. The largest absolute Gasteiger partial charge is 0.347 e. The van der Waals surface area contributed by atoms with Crippen LogP contribution in [0.3, 0.4) is 0 Å². The summed E-state index contributed by atoms with van der Waals surface area (Å²) >= 11 is 3.68. The third kappa shape index (κ3) is 2.70. The molecule has 22 heavy (non-hydrogen) atoms. The van der Waals surface area contributed by atoms with Gasteiger partial charge in [-0.3, -0.25) is 4.79 Å². The maximum absolute atomic E-state index is 12.6. The zero-order valence-electron chi connectivity index (χ0n) is 12.4. The smallest absolute Gasteiger partial charge is 0.227 e. The number of nitrogens with zero attached hydrogens (tertiary/aromatic N) is 3. The van der Waals surface area contributed by atoms with Gasteiger partial charge in [-0.05, 0) is 18.6 Å². The molecule has 0 N–H and O–H groups in total. The summed E-state index contributed by atoms with van der Waals surface area (Å²) in [5, 5.41) is 1.06. The molecule has 0 aliphatic carbocycles. The van der Waals surface area contributed by atoms with Gasteiger partial charge in [0.1, 0.15) is 0 Å². The predicted molar refractivity (Wildman–Crippen MR) is 93.8 cm³/mol. The van der Waals surface area contributed by atoms with E-state index in [1.54, 1.807) is 11.3 Å². The number of amides is 1. The molecule has 1 unspecified atom stereocenters. The fourth-order valence-electron chi connectivity index (χ4n) is 3.17. The molecule has 1 amide bonds. The molecule has 0 saturated carbocycles. The van der Waals surface area contributed by atoms with Crippen LogP contribution in [0.4, 0.5) is 5.13 Å². The second kappa shape index (κ2) is 6.08. The van der Waals surface area contributed by atoms with Crippen molar-refractivity contribution in [1.29, 1.82) is 0 Å². The van der Waals surface area contributed by atoms with E-state index in [0.29, 0.717) is 5.91 Å². The van der Waals surface area contributed by atoms with Gasteiger partial charge in [0.25, 0.3) is 0 Å². The van der Waals surface area contributed by atoms with Gasteiger partial charge in [0, 0.05) is 37.7 Å². The van der Waals surface area contributed by atoms with Crippen molar-refractivity contribution in [3.05, 3.63) is 24.3 Å². The minimum atomic E-state index is 0.148. The molecule has 0 radical (unpaired) electrons. The molecule has 4 rings (SSSR count). The molecule has 0 spiro atoms. The standard InChI is InChI=1S/C16H19N3OS2/c20-15(18-7-9-21-10-8-18)12-5-6-19(11-12)16-17-13-3-1-2-4-14(13)22-16/h1-4,12H,5-11H2. The van der Waals surface area contributed by atoms with Gasteiger partial charge < -0.3 is 9.80 Å². The first-order chi connectivity index (χ1) is 10.8. The van der Waals surface area contributed by atoms with Crippen molar-refractivity contribution in [2.75, 3.05) is 42.6 Å². The minimum Gasteiger partial charge on any atom is -0.347 e. The lowest BCUT2D eigenvalue weighted by Crippen LogP contribution is -2.42. The number of hydrogen-bond donors (Lipinski definition) is 0. The molecule has 2 aliphatic heterocycles. The van der Waals surface area contributed by atoms with E-state index in [4.69, 9.17) is 4.98 Å². The zero-order chi connectivity index (χ0) is 14.9. The third-order valence-corrected chi connectivity index (χ3v) is 6.45. The molecule has 3 heterocycles. The summed E-state index contributed by atoms with van der Waals surface area (Å²) in [7, 11) is 0. The fourth-order valence-corrected chi connectivity index (χ4v) is 5.08. The van der Waals surface area contributed by atoms with Gasteiger partial charge in [-0.15, -0.1) is 0 Å². The lowest BCUT2D eigenvalue weighted by Gasteiger charge is -2.28. The SMILES string of the molecule is O=C(C1CCN(c2nc3ccccc3s2)C1)N1CCSCC1. The highest BCUT2D eigenvalue weighted by Gasteiger charge is 2.33. The summed E-state index contributed by atoms with van der Waals surface area (Å²) in [4.78, 5) is 21.7. The molecule has 2 saturated heterocycles. The Morgan fingerprint density at radius 1 is 1.18 bits per heavy atom. The van der Waals surface area contributed by atoms with Gasteiger partial charge in [0.2, 0.25) is 5.91 Å². The Hall–Kier alpha value is -1.27. The topological polar surface area (TPSA) is 36.4 Å². The van der Waals surface area contributed by atoms with Gasteiger partial charge in [-0.2, -0.15) is 11.8 Å². The number of fused-ring (bicyclic) bond motifs is 1. The van der Waals surface area contributed by atoms with E-state index in [0.717, 1.165) is 54.8 Å². The highest BCUT2D eigenvalue weighted by molar-refractivity contribution is 7.99. The van der Waals surface area contributed by atoms with Crippen LogP contribution >= 0.6 is 23.1 Å². The van der Waals surface area contributed by atoms with E-state index in [2.05, 4.69) is 28.0 Å². The Morgan fingerprint density at radius 3 is 2.82 bits per heavy atom. The van der Waals surface area contributed by atoms with E-state index in [1.165, 1.54) is 4.70 Å². The average Bonchev–Trinajstić information content (AvgIpc) is 3.21. The number of thioether (sulfide) groups is 1. The van der Waals surface area contributed by atoms with Crippen molar-refractivity contribution in [3.63, 3.8) is 0 Å². The van der Waals surface area contributed by atoms with Crippen molar-refractivity contribution in [3.8, 4) is 0 Å². The number of anilines is 1. The second-order valence-corrected chi connectivity index (χ2v) is 8.07. The van der Waals surface area contributed by atoms with Crippen LogP contribution in [0, 0.1) is 5.92 Å². The molecule has 4 nitrogen and oxygen atoms in total. The molecule has 2 aromatic rings. The molecular formula is C16H19N3OS2. The lowest BCUT2D eigenvalue weighted by molar-refractivity contribution is -0.134. The van der Waals surface area contributed by atoms with E-state index in [1.807, 2.05) is 17.8 Å². The van der Waals surface area contributed by atoms with Gasteiger partial charge in [-0.1, -0.05) is 23.5 Å². The monoisotopic (exact) mass is 333 g/mol. The number of benzene rings is 1. The van der Waals surface area contributed by atoms with Crippen molar-refractivity contribution in [2.24, 2.45) is 5.92 Å². The first kappa shape index (κ1) is 14.3. The van der Waals surface area contributed by atoms with Crippen molar-refractivity contribution in [2.45, 2.75) is 6.42 Å². The predicted octanol–water partition coefficient (Wildman–Crippen LogP) is 2.70. The number of rotatable bonds is 2. The van der Waals surface area contributed by atoms with Gasteiger partial charge >= 0.3 is 0 Å². The van der Waals surface area contributed by atoms with Crippen LogP contribution in [0.5, 0.6) is 0 Å². The van der Waals surface area contributed by atoms with Crippen molar-refractivity contribution in [1.82, 2.24) is 9.88 Å². The fraction of sp³-hybridized carbons (Fsp3) is 0.500. The van der Waals surface area contributed by atoms with Gasteiger partial charge in [0.15, 0.2) is 5.13 Å². The normalized spacial score (nSPS) is 22.5. The highest BCUT2D eigenvalue weighted by Crippen LogP contribution is 2.32. The number of aromatic nitrogens is 1. The number of carbonyl (C=O) groups excluding carboxylic acids is 1. The average molecular weight is 333 g/mol. The molecule has 2 fully saturated rings. The number of thiazole rings is 1. The Bertz CT molecular complexity index is 648. The van der Waals surface area contributed by atoms with Crippen LogP contribution in [0.1, 0.15) is 6.42 Å². The van der Waals surface area contributed by atoms with Gasteiger partial charge in [0.05, 0.1) is 16.1 Å². The molecule has 116 valence electrons. The second-order valence-electron chi connectivity index (χ2n) is 5.83. The van der Waals surface area contributed by atoms with Crippen LogP contribution in [-0.2, 0) is 4.79 Å². The highest BCUT2D eigenvalue weighted by atomic mass is 32.2. The van der Waals surface area contributed by atoms with Gasteiger partial charge in [-0.25, -0.2) is 4.98 Å². The van der Waals surface area contributed by atoms with Crippen LogP contribution in [0.15, 0.2) is 24.3 Å². The Kier molecular flexibility index (Phi) is 3.96. The van der Waals surface area contributed by atoms with Crippen LogP contribution in [-0.4, -0.2) is 53.5 Å². The van der Waals surface area contributed by atoms with Crippen LogP contribution in [0.25, 0.3) is 10.2 Å². The summed E-state index contributed by atoms with van der Waals surface area (Å²) in [5.41, 5.74) is 1.06. The van der Waals surface area contributed by atoms with E-state index < -0.39 is 0 Å². The Balaban J connectivity index is 1.46. The molecule has 1 aromatic carbocycles. The third-order valence-electron chi connectivity index (χ3n) is 4.41. The minimum absolute atomic E-state index is 0.148. The maximum atomic E-state index is 12.6. The van der Waals surface area contributed by atoms with E-state index in [-0.39, 0.29) is 5.92 Å². The van der Waals surface area contributed by atoms with E-state index in [9.17, 15) is 4.79 Å².